The molecule has 0 unspecified atom stereocenters. The largest absolute Gasteiger partial charge is 0.480 e. The van der Waals surface area contributed by atoms with Crippen molar-refractivity contribution >= 4 is 11.9 Å². The Hall–Kier alpha value is -2.66. The van der Waals surface area contributed by atoms with Crippen LogP contribution >= 0.6 is 0 Å². The van der Waals surface area contributed by atoms with Crippen molar-refractivity contribution in [3.8, 4) is 0 Å². The molecule has 0 fully saturated rings. The highest BCUT2D eigenvalue weighted by Gasteiger charge is 2.26. The predicted octanol–water partition coefficient (Wildman–Crippen LogP) is 2.19. The number of carbonyl (C=O) groups excluding carboxylic acids is 1. The maximum Gasteiger partial charge on any atom is 0.326 e. The summed E-state index contributed by atoms with van der Waals surface area (Å²) in [7, 11) is 1.42. The van der Waals surface area contributed by atoms with Crippen LogP contribution in [0.5, 0.6) is 0 Å². The van der Waals surface area contributed by atoms with Gasteiger partial charge in [0, 0.05) is 13.5 Å². The first-order valence-corrected chi connectivity index (χ1v) is 7.26. The van der Waals surface area contributed by atoms with Crippen LogP contribution < -0.4 is 5.32 Å². The molecule has 2 rings (SSSR count). The van der Waals surface area contributed by atoms with E-state index >= 15 is 0 Å². The van der Waals surface area contributed by atoms with Crippen LogP contribution in [0.15, 0.2) is 60.7 Å². The third-order valence-electron chi connectivity index (χ3n) is 3.47. The lowest BCUT2D eigenvalue weighted by Gasteiger charge is -2.20. The molecule has 0 saturated heterocycles. The van der Waals surface area contributed by atoms with Crippen molar-refractivity contribution in [2.24, 2.45) is 0 Å². The SMILES string of the molecule is CO[C@H](C(=O)N[C@@H](Cc1ccccc1)C(=O)O)c1ccccc1. The highest BCUT2D eigenvalue weighted by molar-refractivity contribution is 5.87. The highest BCUT2D eigenvalue weighted by atomic mass is 16.5. The van der Waals surface area contributed by atoms with Crippen LogP contribution in [0.4, 0.5) is 0 Å². The van der Waals surface area contributed by atoms with E-state index in [4.69, 9.17) is 4.74 Å². The molecular weight excluding hydrogens is 294 g/mol. The summed E-state index contributed by atoms with van der Waals surface area (Å²) in [6, 6.07) is 17.1. The number of aliphatic carboxylic acids is 1. The maximum atomic E-state index is 12.4. The van der Waals surface area contributed by atoms with Gasteiger partial charge in [-0.2, -0.15) is 0 Å². The standard InChI is InChI=1S/C18H19NO4/c1-23-16(14-10-6-3-7-11-14)17(20)19-15(18(21)22)12-13-8-4-2-5-9-13/h2-11,15-16H,12H2,1H3,(H,19,20)(H,21,22)/t15-,16-/m0/s1. The van der Waals surface area contributed by atoms with Gasteiger partial charge in [0.2, 0.25) is 0 Å². The second-order valence-electron chi connectivity index (χ2n) is 5.12. The van der Waals surface area contributed by atoms with E-state index < -0.39 is 24.0 Å². The first-order valence-electron chi connectivity index (χ1n) is 7.26. The van der Waals surface area contributed by atoms with Crippen molar-refractivity contribution in [2.45, 2.75) is 18.6 Å². The van der Waals surface area contributed by atoms with E-state index in [0.717, 1.165) is 5.56 Å². The Labute approximate surface area is 134 Å². The van der Waals surface area contributed by atoms with Gasteiger partial charge < -0.3 is 15.2 Å². The third-order valence-corrected chi connectivity index (χ3v) is 3.47. The molecule has 0 aliphatic rings. The van der Waals surface area contributed by atoms with Gasteiger partial charge >= 0.3 is 5.97 Å². The summed E-state index contributed by atoms with van der Waals surface area (Å²) in [5.41, 5.74) is 1.52. The molecular formula is C18H19NO4. The molecule has 0 spiro atoms. The van der Waals surface area contributed by atoms with Gasteiger partial charge in [-0.05, 0) is 11.1 Å². The van der Waals surface area contributed by atoms with Crippen LogP contribution in [0.2, 0.25) is 0 Å². The predicted molar refractivity (Wildman–Crippen MR) is 85.9 cm³/mol. The summed E-state index contributed by atoms with van der Waals surface area (Å²) < 4.78 is 5.22. The van der Waals surface area contributed by atoms with Crippen molar-refractivity contribution in [1.82, 2.24) is 5.32 Å². The molecule has 0 bridgehead atoms. The normalized spacial score (nSPS) is 13.1. The average Bonchev–Trinajstić information content (AvgIpc) is 2.57. The summed E-state index contributed by atoms with van der Waals surface area (Å²) in [6.07, 6.45) is -0.624. The smallest absolute Gasteiger partial charge is 0.326 e. The molecule has 0 aliphatic heterocycles. The highest BCUT2D eigenvalue weighted by Crippen LogP contribution is 2.17. The zero-order valence-corrected chi connectivity index (χ0v) is 12.8. The number of carboxylic acid groups (broad SMARTS) is 1. The Balaban J connectivity index is 2.09. The average molecular weight is 313 g/mol. The van der Waals surface area contributed by atoms with E-state index in [9.17, 15) is 14.7 Å². The summed E-state index contributed by atoms with van der Waals surface area (Å²) in [5.74, 6) is -1.55. The molecule has 23 heavy (non-hydrogen) atoms. The van der Waals surface area contributed by atoms with Crippen molar-refractivity contribution < 1.29 is 19.4 Å². The fraction of sp³-hybridized carbons (Fsp3) is 0.222. The zero-order chi connectivity index (χ0) is 16.7. The van der Waals surface area contributed by atoms with Crippen LogP contribution in [0.3, 0.4) is 0 Å². The minimum atomic E-state index is -1.08. The molecule has 0 saturated carbocycles. The van der Waals surface area contributed by atoms with E-state index in [1.807, 2.05) is 36.4 Å². The molecule has 2 aromatic rings. The molecule has 0 radical (unpaired) electrons. The van der Waals surface area contributed by atoms with Gasteiger partial charge in [-0.15, -0.1) is 0 Å². The fourth-order valence-electron chi connectivity index (χ4n) is 2.32. The molecule has 2 aromatic carbocycles. The quantitative estimate of drug-likeness (QED) is 0.821. The minimum Gasteiger partial charge on any atom is -0.480 e. The molecule has 1 amide bonds. The fourth-order valence-corrected chi connectivity index (χ4v) is 2.32. The van der Waals surface area contributed by atoms with Crippen molar-refractivity contribution in [2.75, 3.05) is 7.11 Å². The lowest BCUT2D eigenvalue weighted by atomic mass is 10.0. The van der Waals surface area contributed by atoms with E-state index in [2.05, 4.69) is 5.32 Å². The number of ether oxygens (including phenoxy) is 1. The van der Waals surface area contributed by atoms with Crippen LogP contribution in [-0.4, -0.2) is 30.1 Å². The van der Waals surface area contributed by atoms with Gasteiger partial charge in [0.15, 0.2) is 6.10 Å². The van der Waals surface area contributed by atoms with Crippen molar-refractivity contribution in [3.63, 3.8) is 0 Å². The summed E-state index contributed by atoms with van der Waals surface area (Å²) in [4.78, 5) is 23.8. The number of rotatable bonds is 7. The molecule has 2 atom stereocenters. The van der Waals surface area contributed by atoms with Crippen molar-refractivity contribution in [3.05, 3.63) is 71.8 Å². The summed E-state index contributed by atoms with van der Waals surface area (Å²) >= 11 is 0. The lowest BCUT2D eigenvalue weighted by molar-refractivity contribution is -0.144. The van der Waals surface area contributed by atoms with Gasteiger partial charge in [-0.25, -0.2) is 4.79 Å². The van der Waals surface area contributed by atoms with Gasteiger partial charge in [-0.1, -0.05) is 60.7 Å². The zero-order valence-electron chi connectivity index (χ0n) is 12.8. The first-order chi connectivity index (χ1) is 11.1. The van der Waals surface area contributed by atoms with Crippen molar-refractivity contribution in [1.29, 1.82) is 0 Å². The van der Waals surface area contributed by atoms with Gasteiger partial charge in [0.25, 0.3) is 5.91 Å². The number of amides is 1. The van der Waals surface area contributed by atoms with E-state index in [1.165, 1.54) is 7.11 Å². The van der Waals surface area contributed by atoms with E-state index in [1.54, 1.807) is 24.3 Å². The second kappa shape index (κ2) is 8.10. The monoisotopic (exact) mass is 313 g/mol. The Morgan fingerprint density at radius 1 is 1.04 bits per heavy atom. The molecule has 0 heterocycles. The Bertz CT molecular complexity index is 643. The minimum absolute atomic E-state index is 0.215. The number of hydrogen-bond donors (Lipinski definition) is 2. The van der Waals surface area contributed by atoms with Crippen LogP contribution in [0, 0.1) is 0 Å². The molecule has 5 nitrogen and oxygen atoms in total. The number of benzene rings is 2. The lowest BCUT2D eigenvalue weighted by Crippen LogP contribution is -2.44. The molecule has 0 aliphatic carbocycles. The number of carboxylic acids is 1. The summed E-state index contributed by atoms with van der Waals surface area (Å²) in [5, 5.41) is 11.9. The van der Waals surface area contributed by atoms with Gasteiger partial charge in [0.1, 0.15) is 6.04 Å². The summed E-state index contributed by atoms with van der Waals surface area (Å²) in [6.45, 7) is 0. The molecule has 2 N–H and O–H groups in total. The number of carbonyl (C=O) groups is 2. The van der Waals surface area contributed by atoms with Crippen LogP contribution in [0.1, 0.15) is 17.2 Å². The topological polar surface area (TPSA) is 75.6 Å². The van der Waals surface area contributed by atoms with Gasteiger partial charge in [-0.3, -0.25) is 4.79 Å². The third kappa shape index (κ3) is 4.66. The number of hydrogen-bond acceptors (Lipinski definition) is 3. The molecule has 120 valence electrons. The van der Waals surface area contributed by atoms with E-state index in [-0.39, 0.29) is 6.42 Å². The van der Waals surface area contributed by atoms with Crippen LogP contribution in [-0.2, 0) is 20.7 Å². The number of nitrogens with one attached hydrogen (secondary N) is 1. The Morgan fingerprint density at radius 2 is 1.61 bits per heavy atom. The number of methoxy groups -OCH3 is 1. The maximum absolute atomic E-state index is 12.4. The first kappa shape index (κ1) is 16.7. The second-order valence-corrected chi connectivity index (χ2v) is 5.12. The van der Waals surface area contributed by atoms with E-state index in [0.29, 0.717) is 5.56 Å². The Morgan fingerprint density at radius 3 is 2.13 bits per heavy atom. The van der Waals surface area contributed by atoms with Gasteiger partial charge in [0.05, 0.1) is 0 Å². The molecule has 0 aromatic heterocycles. The molecule has 5 heteroatoms. The Kier molecular flexibility index (Phi) is 5.88. The van der Waals surface area contributed by atoms with Crippen LogP contribution in [0.25, 0.3) is 0 Å².